The molecule has 7 heteroatoms. The van der Waals surface area contributed by atoms with Crippen LogP contribution >= 0.6 is 0 Å². The molecular weight excluding hydrogens is 346 g/mol. The molecule has 0 unspecified atom stereocenters. The van der Waals surface area contributed by atoms with Crippen LogP contribution in [-0.4, -0.2) is 67.0 Å². The molecular formula is C20H29N3O4. The molecule has 2 rings (SSSR count). The monoisotopic (exact) mass is 375 g/mol. The van der Waals surface area contributed by atoms with Crippen LogP contribution in [0.2, 0.25) is 0 Å². The van der Waals surface area contributed by atoms with E-state index < -0.39 is 0 Å². The van der Waals surface area contributed by atoms with E-state index >= 15 is 0 Å². The van der Waals surface area contributed by atoms with Gasteiger partial charge >= 0.3 is 6.09 Å². The quantitative estimate of drug-likeness (QED) is 0.792. The zero-order chi connectivity index (χ0) is 20.0. The summed E-state index contributed by atoms with van der Waals surface area (Å²) in [6.45, 7) is 9.92. The van der Waals surface area contributed by atoms with E-state index in [1.165, 1.54) is 6.92 Å². The van der Waals surface area contributed by atoms with Gasteiger partial charge in [-0.3, -0.25) is 9.59 Å². The average Bonchev–Trinajstić information content (AvgIpc) is 2.64. The van der Waals surface area contributed by atoms with E-state index in [0.717, 1.165) is 16.8 Å². The third-order valence-corrected chi connectivity index (χ3v) is 4.89. The number of hydrogen-bond acceptors (Lipinski definition) is 4. The summed E-state index contributed by atoms with van der Waals surface area (Å²) >= 11 is 0. The zero-order valence-electron chi connectivity index (χ0n) is 16.7. The van der Waals surface area contributed by atoms with E-state index in [4.69, 9.17) is 4.74 Å². The average molecular weight is 375 g/mol. The zero-order valence-corrected chi connectivity index (χ0v) is 16.7. The van der Waals surface area contributed by atoms with Crippen molar-refractivity contribution in [2.24, 2.45) is 0 Å². The largest absolute Gasteiger partial charge is 0.450 e. The Morgan fingerprint density at radius 1 is 1.04 bits per heavy atom. The Morgan fingerprint density at radius 3 is 2.22 bits per heavy atom. The third kappa shape index (κ3) is 5.45. The maximum Gasteiger partial charge on any atom is 0.409 e. The van der Waals surface area contributed by atoms with Gasteiger partial charge in [0.25, 0.3) is 0 Å². The molecule has 3 amide bonds. The van der Waals surface area contributed by atoms with Gasteiger partial charge in [0.2, 0.25) is 11.8 Å². The van der Waals surface area contributed by atoms with Gasteiger partial charge in [-0.15, -0.1) is 0 Å². The van der Waals surface area contributed by atoms with Crippen molar-refractivity contribution < 1.29 is 19.1 Å². The van der Waals surface area contributed by atoms with Crippen LogP contribution in [0.15, 0.2) is 18.2 Å². The van der Waals surface area contributed by atoms with Crippen molar-refractivity contribution in [2.45, 2.75) is 34.1 Å². The van der Waals surface area contributed by atoms with E-state index in [1.807, 2.05) is 32.0 Å². The lowest BCUT2D eigenvalue weighted by atomic mass is 10.1. The molecule has 0 N–H and O–H groups in total. The maximum absolute atomic E-state index is 12.5. The number of benzene rings is 1. The van der Waals surface area contributed by atoms with Gasteiger partial charge in [0.05, 0.1) is 6.61 Å². The van der Waals surface area contributed by atoms with Gasteiger partial charge in [-0.1, -0.05) is 6.07 Å². The highest BCUT2D eigenvalue weighted by Crippen LogP contribution is 2.19. The molecule has 1 heterocycles. The number of amides is 3. The normalized spacial score (nSPS) is 14.1. The number of rotatable bonds is 5. The fourth-order valence-electron chi connectivity index (χ4n) is 3.08. The fraction of sp³-hybridized carbons (Fsp3) is 0.550. The maximum atomic E-state index is 12.5. The first-order chi connectivity index (χ1) is 12.8. The van der Waals surface area contributed by atoms with Crippen molar-refractivity contribution in [1.82, 2.24) is 9.80 Å². The van der Waals surface area contributed by atoms with Crippen molar-refractivity contribution in [3.63, 3.8) is 0 Å². The molecule has 0 radical (unpaired) electrons. The fourth-order valence-corrected chi connectivity index (χ4v) is 3.08. The minimum absolute atomic E-state index is 0.00593. The predicted molar refractivity (Wildman–Crippen MR) is 104 cm³/mol. The summed E-state index contributed by atoms with van der Waals surface area (Å²) in [5.74, 6) is -0.0909. The number of nitrogens with zero attached hydrogens (tertiary/aromatic N) is 3. The second kappa shape index (κ2) is 9.39. The second-order valence-corrected chi connectivity index (χ2v) is 6.76. The van der Waals surface area contributed by atoms with Crippen molar-refractivity contribution in [3.8, 4) is 0 Å². The molecule has 148 valence electrons. The molecule has 0 saturated carbocycles. The molecule has 1 saturated heterocycles. The topological polar surface area (TPSA) is 70.2 Å². The number of anilines is 1. The standard InChI is InChI=1S/C20H29N3O4/c1-5-27-20(26)22-12-10-21(11-13-22)19(25)8-9-23(17(4)24)18-7-6-15(2)16(3)14-18/h6-7,14H,5,8-13H2,1-4H3. The lowest BCUT2D eigenvalue weighted by Gasteiger charge is -2.34. The number of carbonyl (C=O) groups is 3. The smallest absolute Gasteiger partial charge is 0.409 e. The van der Waals surface area contributed by atoms with Crippen LogP contribution in [0.25, 0.3) is 0 Å². The predicted octanol–water partition coefficient (Wildman–Crippen LogP) is 2.35. The number of hydrogen-bond donors (Lipinski definition) is 0. The first-order valence-electron chi connectivity index (χ1n) is 9.38. The Kier molecular flexibility index (Phi) is 7.21. The lowest BCUT2D eigenvalue weighted by Crippen LogP contribution is -2.51. The Hall–Kier alpha value is -2.57. The summed E-state index contributed by atoms with van der Waals surface area (Å²) in [6.07, 6.45) is -0.0755. The van der Waals surface area contributed by atoms with E-state index in [1.54, 1.807) is 21.6 Å². The van der Waals surface area contributed by atoms with E-state index in [9.17, 15) is 14.4 Å². The molecule has 0 spiro atoms. The van der Waals surface area contributed by atoms with Gasteiger partial charge in [-0.05, 0) is 44.0 Å². The summed E-state index contributed by atoms with van der Waals surface area (Å²) in [5.41, 5.74) is 3.09. The SMILES string of the molecule is CCOC(=O)N1CCN(C(=O)CCN(C(C)=O)c2ccc(C)c(C)c2)CC1. The molecule has 1 aliphatic rings. The molecule has 1 aliphatic heterocycles. The molecule has 0 atom stereocenters. The first-order valence-corrected chi connectivity index (χ1v) is 9.38. The van der Waals surface area contributed by atoms with Crippen LogP contribution in [0.3, 0.4) is 0 Å². The Morgan fingerprint density at radius 2 is 1.67 bits per heavy atom. The van der Waals surface area contributed by atoms with E-state index in [-0.39, 0.29) is 24.3 Å². The number of piperazine rings is 1. The van der Waals surface area contributed by atoms with Crippen LogP contribution < -0.4 is 4.90 Å². The van der Waals surface area contributed by atoms with Gasteiger partial charge in [-0.25, -0.2) is 4.79 Å². The third-order valence-electron chi connectivity index (χ3n) is 4.89. The highest BCUT2D eigenvalue weighted by Gasteiger charge is 2.25. The van der Waals surface area contributed by atoms with Gasteiger partial charge in [0, 0.05) is 51.8 Å². The molecule has 1 fully saturated rings. The van der Waals surface area contributed by atoms with E-state index in [0.29, 0.717) is 39.3 Å². The van der Waals surface area contributed by atoms with Gasteiger partial charge in [0.1, 0.15) is 0 Å². The van der Waals surface area contributed by atoms with Crippen LogP contribution in [-0.2, 0) is 14.3 Å². The van der Waals surface area contributed by atoms with Crippen LogP contribution in [0.5, 0.6) is 0 Å². The molecule has 0 bridgehead atoms. The van der Waals surface area contributed by atoms with Crippen LogP contribution in [0.4, 0.5) is 10.5 Å². The molecule has 0 aromatic heterocycles. The van der Waals surface area contributed by atoms with Crippen molar-refractivity contribution in [1.29, 1.82) is 0 Å². The highest BCUT2D eigenvalue weighted by molar-refractivity contribution is 5.92. The minimum atomic E-state index is -0.331. The number of carbonyl (C=O) groups excluding carboxylic acids is 3. The summed E-state index contributed by atoms with van der Waals surface area (Å²) in [5, 5.41) is 0. The Bertz CT molecular complexity index is 696. The van der Waals surface area contributed by atoms with Crippen molar-refractivity contribution in [2.75, 3.05) is 44.2 Å². The summed E-state index contributed by atoms with van der Waals surface area (Å²) in [6, 6.07) is 5.86. The van der Waals surface area contributed by atoms with Crippen LogP contribution in [0, 0.1) is 13.8 Å². The summed E-state index contributed by atoms with van der Waals surface area (Å²) < 4.78 is 4.99. The molecule has 7 nitrogen and oxygen atoms in total. The second-order valence-electron chi connectivity index (χ2n) is 6.76. The van der Waals surface area contributed by atoms with Crippen LogP contribution in [0.1, 0.15) is 31.4 Å². The Balaban J connectivity index is 1.90. The molecule has 1 aromatic carbocycles. The minimum Gasteiger partial charge on any atom is -0.450 e. The van der Waals surface area contributed by atoms with Gasteiger partial charge < -0.3 is 19.4 Å². The number of aryl methyl sites for hydroxylation is 2. The van der Waals surface area contributed by atoms with Crippen molar-refractivity contribution in [3.05, 3.63) is 29.3 Å². The van der Waals surface area contributed by atoms with E-state index in [2.05, 4.69) is 0 Å². The van der Waals surface area contributed by atoms with Gasteiger partial charge in [-0.2, -0.15) is 0 Å². The van der Waals surface area contributed by atoms with Gasteiger partial charge in [0.15, 0.2) is 0 Å². The first kappa shape index (κ1) is 20.7. The summed E-state index contributed by atoms with van der Waals surface area (Å²) in [4.78, 5) is 41.3. The van der Waals surface area contributed by atoms with Crippen molar-refractivity contribution >= 4 is 23.6 Å². The molecule has 27 heavy (non-hydrogen) atoms. The highest BCUT2D eigenvalue weighted by atomic mass is 16.6. The summed E-state index contributed by atoms with van der Waals surface area (Å²) in [7, 11) is 0. The molecule has 0 aliphatic carbocycles. The Labute approximate surface area is 160 Å². The lowest BCUT2D eigenvalue weighted by molar-refractivity contribution is -0.132. The number of ether oxygens (including phenoxy) is 1. The molecule has 1 aromatic rings.